The number of H-pyrrole nitrogens is 1. The highest BCUT2D eigenvalue weighted by Gasteiger charge is 2.09. The second-order valence-corrected chi connectivity index (χ2v) is 3.53. The van der Waals surface area contributed by atoms with Gasteiger partial charge in [-0.25, -0.2) is 0 Å². The SMILES string of the molecule is CCc1cnn2nc(C(C)C)[nH]c12. The molecule has 2 heterocycles. The Bertz CT molecular complexity index is 410. The smallest absolute Gasteiger partial charge is 0.158 e. The molecule has 0 atom stereocenters. The second kappa shape index (κ2) is 2.87. The minimum absolute atomic E-state index is 0.423. The van der Waals surface area contributed by atoms with Crippen LogP contribution in [0.1, 0.15) is 38.1 Å². The van der Waals surface area contributed by atoms with E-state index in [1.54, 1.807) is 4.63 Å². The summed E-state index contributed by atoms with van der Waals surface area (Å²) >= 11 is 0. The maximum Gasteiger partial charge on any atom is 0.158 e. The van der Waals surface area contributed by atoms with Crippen LogP contribution in [0, 0.1) is 0 Å². The Balaban J connectivity index is 2.56. The van der Waals surface area contributed by atoms with Crippen LogP contribution in [-0.2, 0) is 6.42 Å². The summed E-state index contributed by atoms with van der Waals surface area (Å²) in [6, 6.07) is 0. The third-order valence-corrected chi connectivity index (χ3v) is 2.20. The number of nitrogens with one attached hydrogen (secondary N) is 1. The van der Waals surface area contributed by atoms with Gasteiger partial charge in [-0.3, -0.25) is 0 Å². The Morgan fingerprint density at radius 3 is 2.92 bits per heavy atom. The van der Waals surface area contributed by atoms with E-state index in [0.717, 1.165) is 17.9 Å². The third-order valence-electron chi connectivity index (χ3n) is 2.20. The van der Waals surface area contributed by atoms with Crippen molar-refractivity contribution in [3.8, 4) is 0 Å². The predicted molar refractivity (Wildman–Crippen MR) is 50.8 cm³/mol. The maximum atomic E-state index is 4.33. The molecule has 2 aromatic rings. The molecule has 4 nitrogen and oxygen atoms in total. The molecule has 0 saturated carbocycles. The molecule has 4 heteroatoms. The quantitative estimate of drug-likeness (QED) is 0.761. The summed E-state index contributed by atoms with van der Waals surface area (Å²) in [5.41, 5.74) is 2.26. The number of rotatable bonds is 2. The molecule has 0 spiro atoms. The minimum atomic E-state index is 0.423. The van der Waals surface area contributed by atoms with Crippen LogP contribution in [-0.4, -0.2) is 19.8 Å². The molecular weight excluding hydrogens is 164 g/mol. The van der Waals surface area contributed by atoms with Gasteiger partial charge in [0.2, 0.25) is 0 Å². The Morgan fingerprint density at radius 2 is 2.31 bits per heavy atom. The maximum absolute atomic E-state index is 4.33. The van der Waals surface area contributed by atoms with E-state index in [9.17, 15) is 0 Å². The monoisotopic (exact) mass is 178 g/mol. The normalized spacial score (nSPS) is 11.7. The van der Waals surface area contributed by atoms with Gasteiger partial charge in [-0.2, -0.15) is 5.10 Å². The lowest BCUT2D eigenvalue weighted by atomic mass is 10.2. The Kier molecular flexibility index (Phi) is 1.83. The highest BCUT2D eigenvalue weighted by atomic mass is 15.5. The fraction of sp³-hybridized carbons (Fsp3) is 0.556. The first-order valence-electron chi connectivity index (χ1n) is 4.65. The molecule has 13 heavy (non-hydrogen) atoms. The molecule has 0 saturated heterocycles. The van der Waals surface area contributed by atoms with Crippen molar-refractivity contribution in [3.63, 3.8) is 0 Å². The standard InChI is InChI=1S/C9H14N4/c1-4-7-5-10-13-9(7)11-8(12-13)6(2)3/h5-6H,4H2,1-3H3,(H,11,12). The highest BCUT2D eigenvalue weighted by molar-refractivity contribution is 5.45. The number of aromatic nitrogens is 4. The molecule has 0 bridgehead atoms. The molecule has 70 valence electrons. The van der Waals surface area contributed by atoms with Crippen molar-refractivity contribution in [3.05, 3.63) is 17.6 Å². The van der Waals surface area contributed by atoms with Crippen molar-refractivity contribution in [2.75, 3.05) is 0 Å². The van der Waals surface area contributed by atoms with Crippen molar-refractivity contribution < 1.29 is 0 Å². The number of hydrogen-bond acceptors (Lipinski definition) is 2. The number of hydrogen-bond donors (Lipinski definition) is 1. The van der Waals surface area contributed by atoms with Crippen molar-refractivity contribution >= 4 is 5.65 Å². The summed E-state index contributed by atoms with van der Waals surface area (Å²) < 4.78 is 1.67. The van der Waals surface area contributed by atoms with Crippen molar-refractivity contribution in [1.29, 1.82) is 0 Å². The predicted octanol–water partition coefficient (Wildman–Crippen LogP) is 1.74. The van der Waals surface area contributed by atoms with Gasteiger partial charge in [-0.15, -0.1) is 9.73 Å². The zero-order valence-corrected chi connectivity index (χ0v) is 8.20. The van der Waals surface area contributed by atoms with Crippen LogP contribution in [0.25, 0.3) is 5.65 Å². The number of aromatic amines is 1. The van der Waals surface area contributed by atoms with Crippen LogP contribution in [0.4, 0.5) is 0 Å². The fourth-order valence-electron chi connectivity index (χ4n) is 1.34. The number of nitrogens with zero attached hydrogens (tertiary/aromatic N) is 3. The van der Waals surface area contributed by atoms with E-state index in [0.29, 0.717) is 5.92 Å². The molecule has 0 aliphatic heterocycles. The molecule has 0 radical (unpaired) electrons. The van der Waals surface area contributed by atoms with Gasteiger partial charge in [-0.05, 0) is 6.42 Å². The Morgan fingerprint density at radius 1 is 1.54 bits per heavy atom. The molecular formula is C9H14N4. The zero-order valence-electron chi connectivity index (χ0n) is 8.20. The van der Waals surface area contributed by atoms with Gasteiger partial charge in [0.05, 0.1) is 6.20 Å². The summed E-state index contributed by atoms with van der Waals surface area (Å²) in [5, 5.41) is 8.50. The molecule has 2 rings (SSSR count). The van der Waals surface area contributed by atoms with Crippen molar-refractivity contribution in [2.45, 2.75) is 33.1 Å². The first-order chi connectivity index (χ1) is 6.22. The summed E-state index contributed by atoms with van der Waals surface area (Å²) in [6.45, 7) is 6.35. The van der Waals surface area contributed by atoms with Gasteiger partial charge >= 0.3 is 0 Å². The van der Waals surface area contributed by atoms with Gasteiger partial charge in [0.15, 0.2) is 5.65 Å². The van der Waals surface area contributed by atoms with E-state index in [1.165, 1.54) is 5.56 Å². The van der Waals surface area contributed by atoms with Crippen LogP contribution in [0.5, 0.6) is 0 Å². The average Bonchev–Trinajstić information content (AvgIpc) is 2.60. The molecule has 2 aromatic heterocycles. The van der Waals surface area contributed by atoms with Crippen LogP contribution in [0.3, 0.4) is 0 Å². The Hall–Kier alpha value is -1.32. The number of aryl methyl sites for hydroxylation is 1. The van der Waals surface area contributed by atoms with E-state index >= 15 is 0 Å². The third kappa shape index (κ3) is 1.22. The van der Waals surface area contributed by atoms with Crippen molar-refractivity contribution in [1.82, 2.24) is 19.8 Å². The lowest BCUT2D eigenvalue weighted by molar-refractivity contribution is 0.730. The molecule has 1 N–H and O–H groups in total. The largest absolute Gasteiger partial charge is 0.325 e. The van der Waals surface area contributed by atoms with E-state index in [2.05, 4.69) is 36.0 Å². The fourth-order valence-corrected chi connectivity index (χ4v) is 1.34. The number of fused-ring (bicyclic) bond motifs is 1. The van der Waals surface area contributed by atoms with Crippen molar-refractivity contribution in [2.24, 2.45) is 0 Å². The molecule has 0 aliphatic carbocycles. The van der Waals surface area contributed by atoms with Crippen LogP contribution in [0.15, 0.2) is 6.20 Å². The van der Waals surface area contributed by atoms with E-state index in [1.807, 2.05) is 6.20 Å². The summed E-state index contributed by atoms with van der Waals surface area (Å²) in [5.74, 6) is 1.42. The minimum Gasteiger partial charge on any atom is -0.325 e. The van der Waals surface area contributed by atoms with E-state index < -0.39 is 0 Å². The summed E-state index contributed by atoms with van der Waals surface area (Å²) in [7, 11) is 0. The molecule has 0 amide bonds. The van der Waals surface area contributed by atoms with Gasteiger partial charge in [0, 0.05) is 11.5 Å². The lowest BCUT2D eigenvalue weighted by Gasteiger charge is -1.95. The lowest BCUT2D eigenvalue weighted by Crippen LogP contribution is -1.92. The first kappa shape index (κ1) is 8.29. The zero-order chi connectivity index (χ0) is 9.42. The second-order valence-electron chi connectivity index (χ2n) is 3.53. The van der Waals surface area contributed by atoms with Crippen LogP contribution < -0.4 is 0 Å². The Labute approximate surface area is 77.0 Å². The van der Waals surface area contributed by atoms with Gasteiger partial charge in [-0.1, -0.05) is 20.8 Å². The molecule has 0 aliphatic rings. The topological polar surface area (TPSA) is 46.0 Å². The van der Waals surface area contributed by atoms with Crippen LogP contribution >= 0.6 is 0 Å². The van der Waals surface area contributed by atoms with Gasteiger partial charge in [0.25, 0.3) is 0 Å². The van der Waals surface area contributed by atoms with Crippen LogP contribution in [0.2, 0.25) is 0 Å². The van der Waals surface area contributed by atoms with Gasteiger partial charge in [0.1, 0.15) is 5.82 Å². The first-order valence-corrected chi connectivity index (χ1v) is 4.65. The van der Waals surface area contributed by atoms with Gasteiger partial charge < -0.3 is 4.98 Å². The summed E-state index contributed by atoms with van der Waals surface area (Å²) in [6.07, 6.45) is 2.85. The molecule has 0 aromatic carbocycles. The molecule has 0 unspecified atom stereocenters. The van der Waals surface area contributed by atoms with E-state index in [-0.39, 0.29) is 0 Å². The highest BCUT2D eigenvalue weighted by Crippen LogP contribution is 2.13. The van der Waals surface area contributed by atoms with E-state index in [4.69, 9.17) is 0 Å². The summed E-state index contributed by atoms with van der Waals surface area (Å²) in [4.78, 5) is 3.28. The average molecular weight is 178 g/mol. The molecule has 0 fully saturated rings.